The van der Waals surface area contributed by atoms with Gasteiger partial charge < -0.3 is 19.1 Å². The van der Waals surface area contributed by atoms with Gasteiger partial charge in [0, 0.05) is 31.8 Å². The van der Waals surface area contributed by atoms with E-state index in [1.54, 1.807) is 30.3 Å². The van der Waals surface area contributed by atoms with Crippen LogP contribution in [-0.2, 0) is 14.8 Å². The van der Waals surface area contributed by atoms with Gasteiger partial charge >= 0.3 is 0 Å². The number of benzene rings is 2. The Kier molecular flexibility index (Phi) is 5.52. The minimum atomic E-state index is -3.69. The number of ether oxygens (including phenoxy) is 3. The molecule has 2 aromatic carbocycles. The van der Waals surface area contributed by atoms with Crippen LogP contribution >= 0.6 is 0 Å². The van der Waals surface area contributed by atoms with E-state index in [4.69, 9.17) is 14.2 Å². The van der Waals surface area contributed by atoms with Crippen molar-refractivity contribution in [2.75, 3.05) is 31.9 Å². The minimum Gasteiger partial charge on any atom is -0.497 e. The van der Waals surface area contributed by atoms with Crippen LogP contribution in [0.3, 0.4) is 0 Å². The summed E-state index contributed by atoms with van der Waals surface area (Å²) in [7, 11) is -2.18. The predicted octanol–water partition coefficient (Wildman–Crippen LogP) is 1.76. The van der Waals surface area contributed by atoms with Crippen LogP contribution < -0.4 is 23.8 Å². The minimum absolute atomic E-state index is 0.0579. The average molecular weight is 392 g/mol. The summed E-state index contributed by atoms with van der Waals surface area (Å²) in [6.45, 7) is 1.79. The van der Waals surface area contributed by atoms with E-state index in [9.17, 15) is 13.2 Å². The molecule has 0 saturated carbocycles. The Morgan fingerprint density at radius 3 is 2.52 bits per heavy atom. The van der Waals surface area contributed by atoms with Crippen molar-refractivity contribution in [2.45, 2.75) is 11.8 Å². The molecule has 1 N–H and O–H groups in total. The van der Waals surface area contributed by atoms with Crippen LogP contribution in [0.4, 0.5) is 5.69 Å². The third-order valence-corrected chi connectivity index (χ3v) is 5.52. The highest BCUT2D eigenvalue weighted by Crippen LogP contribution is 2.35. The molecule has 0 aliphatic carbocycles. The number of rotatable bonds is 7. The lowest BCUT2D eigenvalue weighted by Crippen LogP contribution is -2.37. The standard InChI is InChI=1S/C18H20N2O6S/c1-13(21)20(14-3-8-17-18(11-14)26-12-25-17)10-9-19-27(22,23)16-6-4-15(24-2)5-7-16/h3-8,11,19H,9-10,12H2,1-2H3. The summed E-state index contributed by atoms with van der Waals surface area (Å²) in [5.74, 6) is 1.53. The summed E-state index contributed by atoms with van der Waals surface area (Å²) in [5, 5.41) is 0. The third-order valence-electron chi connectivity index (χ3n) is 4.05. The molecule has 2 aromatic rings. The topological polar surface area (TPSA) is 94.2 Å². The average Bonchev–Trinajstić information content (AvgIpc) is 3.12. The number of amides is 1. The molecule has 0 saturated heterocycles. The molecule has 1 aliphatic rings. The van der Waals surface area contributed by atoms with Gasteiger partial charge in [0.25, 0.3) is 0 Å². The fourth-order valence-corrected chi connectivity index (χ4v) is 3.67. The number of hydrogen-bond acceptors (Lipinski definition) is 6. The molecule has 0 spiro atoms. The van der Waals surface area contributed by atoms with Crippen LogP contribution in [0.2, 0.25) is 0 Å². The Morgan fingerprint density at radius 2 is 1.85 bits per heavy atom. The zero-order chi connectivity index (χ0) is 19.4. The van der Waals surface area contributed by atoms with Crippen molar-refractivity contribution in [3.63, 3.8) is 0 Å². The van der Waals surface area contributed by atoms with Crippen molar-refractivity contribution in [1.82, 2.24) is 4.72 Å². The zero-order valence-electron chi connectivity index (χ0n) is 15.0. The molecule has 0 fully saturated rings. The molecule has 0 atom stereocenters. The maximum atomic E-state index is 12.4. The van der Waals surface area contributed by atoms with E-state index < -0.39 is 10.0 Å². The monoisotopic (exact) mass is 392 g/mol. The summed E-state index contributed by atoms with van der Waals surface area (Å²) >= 11 is 0. The van der Waals surface area contributed by atoms with Crippen molar-refractivity contribution in [2.24, 2.45) is 0 Å². The van der Waals surface area contributed by atoms with Crippen LogP contribution in [-0.4, -0.2) is 41.3 Å². The lowest BCUT2D eigenvalue weighted by molar-refractivity contribution is -0.116. The third kappa shape index (κ3) is 4.32. The second-order valence-electron chi connectivity index (χ2n) is 5.78. The van der Waals surface area contributed by atoms with E-state index in [0.29, 0.717) is 22.9 Å². The van der Waals surface area contributed by atoms with Gasteiger partial charge in [0.1, 0.15) is 5.75 Å². The Morgan fingerprint density at radius 1 is 1.15 bits per heavy atom. The molecule has 0 aromatic heterocycles. The SMILES string of the molecule is COc1ccc(S(=O)(=O)NCCN(C(C)=O)c2ccc3c(c2)OCO3)cc1. The first-order valence-corrected chi connectivity index (χ1v) is 9.70. The highest BCUT2D eigenvalue weighted by atomic mass is 32.2. The van der Waals surface area contributed by atoms with Gasteiger partial charge in [-0.1, -0.05) is 0 Å². The highest BCUT2D eigenvalue weighted by molar-refractivity contribution is 7.89. The Labute approximate surface area is 157 Å². The summed E-state index contributed by atoms with van der Waals surface area (Å²) in [4.78, 5) is 13.6. The zero-order valence-corrected chi connectivity index (χ0v) is 15.8. The molecule has 27 heavy (non-hydrogen) atoms. The molecule has 3 rings (SSSR count). The normalized spacial score (nSPS) is 12.7. The van der Waals surface area contributed by atoms with E-state index in [0.717, 1.165) is 0 Å². The van der Waals surface area contributed by atoms with Gasteiger partial charge in [0.05, 0.1) is 12.0 Å². The number of sulfonamides is 1. The van der Waals surface area contributed by atoms with E-state index in [1.165, 1.54) is 31.1 Å². The largest absolute Gasteiger partial charge is 0.497 e. The van der Waals surface area contributed by atoms with E-state index in [2.05, 4.69) is 4.72 Å². The maximum absolute atomic E-state index is 12.4. The summed E-state index contributed by atoms with van der Waals surface area (Å²) in [6.07, 6.45) is 0. The first kappa shape index (κ1) is 19.0. The molecule has 9 heteroatoms. The van der Waals surface area contributed by atoms with Gasteiger partial charge in [-0.2, -0.15) is 0 Å². The molecule has 1 heterocycles. The maximum Gasteiger partial charge on any atom is 0.240 e. The number of carbonyl (C=O) groups excluding carboxylic acids is 1. The number of anilines is 1. The van der Waals surface area contributed by atoms with Crippen molar-refractivity contribution in [1.29, 1.82) is 0 Å². The number of hydrogen-bond donors (Lipinski definition) is 1. The highest BCUT2D eigenvalue weighted by Gasteiger charge is 2.19. The van der Waals surface area contributed by atoms with Crippen LogP contribution in [0.1, 0.15) is 6.92 Å². The molecule has 8 nitrogen and oxygen atoms in total. The van der Waals surface area contributed by atoms with Gasteiger partial charge in [0.2, 0.25) is 22.7 Å². The van der Waals surface area contributed by atoms with Crippen molar-refractivity contribution in [3.05, 3.63) is 42.5 Å². The van der Waals surface area contributed by atoms with E-state index in [1.807, 2.05) is 0 Å². The van der Waals surface area contributed by atoms with Gasteiger partial charge in [-0.3, -0.25) is 4.79 Å². The molecule has 144 valence electrons. The quantitative estimate of drug-likeness (QED) is 0.772. The number of methoxy groups -OCH3 is 1. The van der Waals surface area contributed by atoms with E-state index >= 15 is 0 Å². The molecule has 0 unspecified atom stereocenters. The fourth-order valence-electron chi connectivity index (χ4n) is 2.65. The van der Waals surface area contributed by atoms with Crippen LogP contribution in [0.5, 0.6) is 17.2 Å². The number of nitrogens with one attached hydrogen (secondary N) is 1. The first-order chi connectivity index (χ1) is 12.9. The van der Waals surface area contributed by atoms with Crippen LogP contribution in [0.15, 0.2) is 47.4 Å². The number of fused-ring (bicyclic) bond motifs is 1. The van der Waals surface area contributed by atoms with Gasteiger partial charge in [-0.15, -0.1) is 0 Å². The molecular formula is C18H20N2O6S. The van der Waals surface area contributed by atoms with E-state index in [-0.39, 0.29) is 30.7 Å². The predicted molar refractivity (Wildman–Crippen MR) is 98.8 cm³/mol. The van der Waals surface area contributed by atoms with Crippen molar-refractivity contribution >= 4 is 21.6 Å². The summed E-state index contributed by atoms with van der Waals surface area (Å²) in [6, 6.07) is 11.2. The van der Waals surface area contributed by atoms with Gasteiger partial charge in [0.15, 0.2) is 11.5 Å². The Hall–Kier alpha value is -2.78. The lowest BCUT2D eigenvalue weighted by atomic mass is 10.2. The number of carbonyl (C=O) groups is 1. The second-order valence-corrected chi connectivity index (χ2v) is 7.55. The molecule has 1 aliphatic heterocycles. The Bertz CT molecular complexity index is 927. The molecule has 0 radical (unpaired) electrons. The van der Waals surface area contributed by atoms with Gasteiger partial charge in [-0.05, 0) is 36.4 Å². The molecular weight excluding hydrogens is 372 g/mol. The van der Waals surface area contributed by atoms with Crippen LogP contribution in [0.25, 0.3) is 0 Å². The second kappa shape index (κ2) is 7.85. The lowest BCUT2D eigenvalue weighted by Gasteiger charge is -2.21. The first-order valence-electron chi connectivity index (χ1n) is 8.22. The molecule has 1 amide bonds. The smallest absolute Gasteiger partial charge is 0.240 e. The van der Waals surface area contributed by atoms with Gasteiger partial charge in [-0.25, -0.2) is 13.1 Å². The molecule has 0 bridgehead atoms. The van der Waals surface area contributed by atoms with Crippen molar-refractivity contribution in [3.8, 4) is 17.2 Å². The fraction of sp³-hybridized carbons (Fsp3) is 0.278. The summed E-state index contributed by atoms with van der Waals surface area (Å²) < 4.78 is 42.9. The number of nitrogens with zero attached hydrogens (tertiary/aromatic N) is 1. The van der Waals surface area contributed by atoms with Crippen molar-refractivity contribution < 1.29 is 27.4 Å². The summed E-state index contributed by atoms with van der Waals surface area (Å²) in [5.41, 5.74) is 0.607. The van der Waals surface area contributed by atoms with Crippen LogP contribution in [0, 0.1) is 0 Å². The Balaban J connectivity index is 1.66.